The largest absolute Gasteiger partial charge is 0.380 e. The molecular formula is C16H21ClFN5O2Si. The molecule has 0 fully saturated rings. The van der Waals surface area contributed by atoms with Gasteiger partial charge in [0.1, 0.15) is 11.3 Å². The molecule has 0 aliphatic carbocycles. The monoisotopic (exact) mass is 397 g/mol. The Morgan fingerprint density at radius 3 is 2.77 bits per heavy atom. The molecular weight excluding hydrogens is 377 g/mol. The molecule has 1 N–H and O–H groups in total. The molecule has 0 radical (unpaired) electrons. The third-order valence-electron chi connectivity index (χ3n) is 4.35. The Kier molecular flexibility index (Phi) is 5.25. The number of aliphatic imine (C=N–C) groups is 2. The number of alkyl halides is 1. The molecule has 3 heterocycles. The molecule has 0 saturated heterocycles. The molecule has 26 heavy (non-hydrogen) atoms. The molecule has 7 nitrogen and oxygen atoms in total. The lowest BCUT2D eigenvalue weighted by molar-refractivity contribution is -0.0652. The molecule has 0 bridgehead atoms. The number of hydrogen-bond acceptors (Lipinski definition) is 6. The molecule has 4 unspecified atom stereocenters. The van der Waals surface area contributed by atoms with Gasteiger partial charge in [-0.2, -0.15) is 5.10 Å². The highest BCUT2D eigenvalue weighted by atomic mass is 35.5. The summed E-state index contributed by atoms with van der Waals surface area (Å²) in [6.07, 6.45) is -0.995. The lowest BCUT2D eigenvalue weighted by atomic mass is 10.2. The van der Waals surface area contributed by atoms with Crippen LogP contribution >= 0.6 is 11.6 Å². The number of aliphatic hydroxyl groups excluding tert-OH is 1. The summed E-state index contributed by atoms with van der Waals surface area (Å²) in [5.41, 5.74) is 0.957. The molecule has 140 valence electrons. The standard InChI is InChI=1S/C16H21ClFN5O2Si/c1-9(26(2,3)4)25-15(18)16-20-7-10(21-16)14(24)11-8-19-13-6-5-12(17)22-23(11)13/h5-9,14-16,24H,1-4H3. The Bertz CT molecular complexity index is 866. The molecule has 1 aliphatic heterocycles. The third-order valence-corrected chi connectivity index (χ3v) is 7.12. The summed E-state index contributed by atoms with van der Waals surface area (Å²) in [6, 6.07) is 3.29. The number of fused-ring (bicyclic) bond motifs is 1. The van der Waals surface area contributed by atoms with E-state index in [0.717, 1.165) is 0 Å². The van der Waals surface area contributed by atoms with E-state index < -0.39 is 26.7 Å². The van der Waals surface area contributed by atoms with Crippen LogP contribution in [0.15, 0.2) is 28.3 Å². The van der Waals surface area contributed by atoms with Gasteiger partial charge in [0.25, 0.3) is 0 Å². The van der Waals surface area contributed by atoms with Crippen LogP contribution in [0.4, 0.5) is 4.39 Å². The van der Waals surface area contributed by atoms with Crippen LogP contribution in [0.25, 0.3) is 5.65 Å². The van der Waals surface area contributed by atoms with Crippen molar-refractivity contribution in [2.24, 2.45) is 9.98 Å². The normalized spacial score (nSPS) is 21.0. The summed E-state index contributed by atoms with van der Waals surface area (Å²) >= 11 is 5.90. The van der Waals surface area contributed by atoms with Crippen LogP contribution in [0.5, 0.6) is 0 Å². The number of aliphatic hydroxyl groups is 1. The first kappa shape index (κ1) is 19.1. The fourth-order valence-electron chi connectivity index (χ4n) is 2.32. The average Bonchev–Trinajstić information content (AvgIpc) is 3.20. The number of imidazole rings is 1. The second-order valence-corrected chi connectivity index (χ2v) is 13.2. The Hall–Kier alpha value is -1.68. The predicted octanol–water partition coefficient (Wildman–Crippen LogP) is 2.85. The van der Waals surface area contributed by atoms with Gasteiger partial charge in [0, 0.05) is 11.9 Å². The molecule has 0 spiro atoms. The Balaban J connectivity index is 1.77. The highest BCUT2D eigenvalue weighted by Crippen LogP contribution is 2.23. The van der Waals surface area contributed by atoms with Crippen LogP contribution < -0.4 is 0 Å². The second-order valence-electron chi connectivity index (χ2n) is 7.25. The van der Waals surface area contributed by atoms with Gasteiger partial charge in [0.15, 0.2) is 11.8 Å². The molecule has 2 aromatic rings. The van der Waals surface area contributed by atoms with Crippen molar-refractivity contribution in [3.8, 4) is 0 Å². The van der Waals surface area contributed by atoms with Gasteiger partial charge >= 0.3 is 0 Å². The first-order valence-corrected chi connectivity index (χ1v) is 12.2. The van der Waals surface area contributed by atoms with Crippen LogP contribution in [-0.4, -0.2) is 58.0 Å². The topological polar surface area (TPSA) is 84.4 Å². The summed E-state index contributed by atoms with van der Waals surface area (Å²) in [6.45, 7) is 8.17. The summed E-state index contributed by atoms with van der Waals surface area (Å²) in [5, 5.41) is 15.0. The maximum absolute atomic E-state index is 14.4. The lowest BCUT2D eigenvalue weighted by Crippen LogP contribution is -2.41. The van der Waals surface area contributed by atoms with Crippen LogP contribution in [0.1, 0.15) is 18.7 Å². The zero-order valence-electron chi connectivity index (χ0n) is 15.0. The smallest absolute Gasteiger partial charge is 0.241 e. The predicted molar refractivity (Wildman–Crippen MR) is 101 cm³/mol. The van der Waals surface area contributed by atoms with Gasteiger partial charge in [-0.15, -0.1) is 0 Å². The molecule has 1 aliphatic rings. The quantitative estimate of drug-likeness (QED) is 0.759. The lowest BCUT2D eigenvalue weighted by Gasteiger charge is -2.27. The number of ether oxygens (including phenoxy) is 1. The first-order valence-electron chi connectivity index (χ1n) is 8.25. The van der Waals surface area contributed by atoms with Crippen LogP contribution in [0.3, 0.4) is 0 Å². The van der Waals surface area contributed by atoms with Crippen molar-refractivity contribution in [1.82, 2.24) is 14.6 Å². The fraction of sp³-hybridized carbons (Fsp3) is 0.500. The SMILES string of the molecule is CC(OC(F)C1N=CC(C(O)c2cnc3ccc(Cl)nn23)=N1)[Si](C)(C)C. The van der Waals surface area contributed by atoms with Crippen LogP contribution in [-0.2, 0) is 4.74 Å². The maximum Gasteiger partial charge on any atom is 0.241 e. The van der Waals surface area contributed by atoms with Crippen molar-refractivity contribution >= 4 is 37.2 Å². The summed E-state index contributed by atoms with van der Waals surface area (Å²) in [5.74, 6) is 0. The highest BCUT2D eigenvalue weighted by Gasteiger charge is 2.32. The minimum absolute atomic E-state index is 0.179. The number of nitrogens with zero attached hydrogens (tertiary/aromatic N) is 5. The number of hydrogen-bond donors (Lipinski definition) is 1. The van der Waals surface area contributed by atoms with E-state index in [9.17, 15) is 9.50 Å². The van der Waals surface area contributed by atoms with Crippen molar-refractivity contribution in [3.05, 3.63) is 29.2 Å². The molecule has 10 heteroatoms. The molecule has 0 aromatic carbocycles. The van der Waals surface area contributed by atoms with E-state index in [1.54, 1.807) is 12.1 Å². The van der Waals surface area contributed by atoms with E-state index in [1.807, 2.05) is 6.92 Å². The van der Waals surface area contributed by atoms with E-state index in [4.69, 9.17) is 16.3 Å². The van der Waals surface area contributed by atoms with Crippen molar-refractivity contribution in [1.29, 1.82) is 0 Å². The highest BCUT2D eigenvalue weighted by molar-refractivity contribution is 6.77. The van der Waals surface area contributed by atoms with Crippen molar-refractivity contribution in [3.63, 3.8) is 0 Å². The Labute approximate surface area is 156 Å². The van der Waals surface area contributed by atoms with Gasteiger partial charge < -0.3 is 9.84 Å². The van der Waals surface area contributed by atoms with E-state index >= 15 is 0 Å². The van der Waals surface area contributed by atoms with E-state index in [0.29, 0.717) is 11.3 Å². The third kappa shape index (κ3) is 3.85. The van der Waals surface area contributed by atoms with Crippen molar-refractivity contribution in [2.75, 3.05) is 0 Å². The first-order chi connectivity index (χ1) is 12.2. The summed E-state index contributed by atoms with van der Waals surface area (Å²) < 4.78 is 21.3. The zero-order chi connectivity index (χ0) is 19.1. The number of aromatic nitrogens is 3. The maximum atomic E-state index is 14.4. The van der Waals surface area contributed by atoms with Gasteiger partial charge in [0.2, 0.25) is 6.36 Å². The van der Waals surface area contributed by atoms with Gasteiger partial charge in [0.05, 0.1) is 25.7 Å². The minimum Gasteiger partial charge on any atom is -0.380 e. The molecule has 2 aromatic heterocycles. The van der Waals surface area contributed by atoms with Crippen molar-refractivity contribution < 1.29 is 14.2 Å². The van der Waals surface area contributed by atoms with Gasteiger partial charge in [-0.3, -0.25) is 9.98 Å². The summed E-state index contributed by atoms with van der Waals surface area (Å²) in [4.78, 5) is 12.4. The van der Waals surface area contributed by atoms with E-state index in [-0.39, 0.29) is 16.6 Å². The van der Waals surface area contributed by atoms with Crippen LogP contribution in [0.2, 0.25) is 24.8 Å². The Morgan fingerprint density at radius 2 is 2.08 bits per heavy atom. The van der Waals surface area contributed by atoms with Gasteiger partial charge in [-0.05, 0) is 19.1 Å². The fourth-order valence-corrected chi connectivity index (χ4v) is 2.99. The molecule has 4 atom stereocenters. The number of halogens is 2. The van der Waals surface area contributed by atoms with E-state index in [1.165, 1.54) is 16.9 Å². The van der Waals surface area contributed by atoms with Crippen molar-refractivity contribution in [2.45, 2.75) is 50.9 Å². The van der Waals surface area contributed by atoms with E-state index in [2.05, 4.69) is 39.7 Å². The Morgan fingerprint density at radius 1 is 1.35 bits per heavy atom. The minimum atomic E-state index is -1.66. The number of rotatable bonds is 6. The average molecular weight is 398 g/mol. The van der Waals surface area contributed by atoms with Crippen LogP contribution in [0, 0.1) is 0 Å². The second kappa shape index (κ2) is 7.14. The molecule has 0 saturated carbocycles. The zero-order valence-corrected chi connectivity index (χ0v) is 16.7. The van der Waals surface area contributed by atoms with Gasteiger partial charge in [-0.1, -0.05) is 31.2 Å². The summed E-state index contributed by atoms with van der Waals surface area (Å²) in [7, 11) is -1.64. The molecule has 3 rings (SSSR count). The molecule has 0 amide bonds. The van der Waals surface area contributed by atoms with Gasteiger partial charge in [-0.25, -0.2) is 13.9 Å².